The third-order valence-electron chi connectivity index (χ3n) is 15.4. The molecule has 0 atom stereocenters. The molecule has 338 valence electrons. The van der Waals surface area contributed by atoms with Crippen LogP contribution >= 0.6 is 0 Å². The molecule has 2 heterocycles. The highest BCUT2D eigenvalue weighted by Crippen LogP contribution is 2.56. The molecule has 0 saturated carbocycles. The van der Waals surface area contributed by atoms with Crippen LogP contribution in [0.5, 0.6) is 0 Å². The number of aromatic nitrogens is 2. The molecule has 0 spiro atoms. The molecule has 0 fully saturated rings. The Hall–Kier alpha value is -8.72. The molecule has 1 aliphatic carbocycles. The SMILES string of the molecule is Cc1ccc(C(=Cc2ccc(C3(c4ccc(C=C(c5ccc(C)cc5)c5ccc6c(c5)c5ccccc5n6C)cc4)c4ccccc4-c4ccccc43)cc2)c2ccc3c(c2)c2ccccc2n3C)cc1. The first-order valence-electron chi connectivity index (χ1n) is 24.8. The predicted molar refractivity (Wildman–Crippen MR) is 301 cm³/mol. The summed E-state index contributed by atoms with van der Waals surface area (Å²) in [5.41, 5.74) is 24.1. The van der Waals surface area contributed by atoms with Crippen LogP contribution in [-0.2, 0) is 19.5 Å². The van der Waals surface area contributed by atoms with Crippen molar-refractivity contribution in [2.24, 2.45) is 14.1 Å². The van der Waals surface area contributed by atoms with Gasteiger partial charge < -0.3 is 9.13 Å². The van der Waals surface area contributed by atoms with Crippen molar-refractivity contribution >= 4 is 66.9 Å². The zero-order valence-electron chi connectivity index (χ0n) is 40.5. The molecule has 0 saturated heterocycles. The minimum Gasteiger partial charge on any atom is -0.344 e. The lowest BCUT2D eigenvalue weighted by atomic mass is 9.67. The summed E-state index contributed by atoms with van der Waals surface area (Å²) >= 11 is 0. The molecule has 13 rings (SSSR count). The molecule has 10 aromatic carbocycles. The molecule has 2 heteroatoms. The summed E-state index contributed by atoms with van der Waals surface area (Å²) in [6.45, 7) is 4.31. The van der Waals surface area contributed by atoms with E-state index in [9.17, 15) is 0 Å². The van der Waals surface area contributed by atoms with E-state index >= 15 is 0 Å². The van der Waals surface area contributed by atoms with Crippen LogP contribution in [0.4, 0.5) is 0 Å². The fraction of sp³-hybridized carbons (Fsp3) is 0.0725. The number of fused-ring (bicyclic) bond motifs is 9. The number of hydrogen-bond acceptors (Lipinski definition) is 0. The number of para-hydroxylation sites is 2. The summed E-state index contributed by atoms with van der Waals surface area (Å²) in [5.74, 6) is 0. The second-order valence-corrected chi connectivity index (χ2v) is 19.5. The average Bonchev–Trinajstić information content (AvgIpc) is 4.00. The zero-order chi connectivity index (χ0) is 47.8. The molecule has 0 bridgehead atoms. The van der Waals surface area contributed by atoms with E-state index in [0.29, 0.717) is 0 Å². The molecule has 0 amide bonds. The zero-order valence-corrected chi connectivity index (χ0v) is 40.5. The van der Waals surface area contributed by atoms with E-state index in [4.69, 9.17) is 0 Å². The van der Waals surface area contributed by atoms with Crippen LogP contribution in [0.1, 0.15) is 66.8 Å². The van der Waals surface area contributed by atoms with Crippen molar-refractivity contribution in [1.29, 1.82) is 0 Å². The first kappa shape index (κ1) is 42.4. The van der Waals surface area contributed by atoms with Gasteiger partial charge in [-0.1, -0.05) is 205 Å². The van der Waals surface area contributed by atoms with E-state index < -0.39 is 5.41 Å². The number of benzene rings is 10. The monoisotopic (exact) mass is 908 g/mol. The maximum atomic E-state index is 2.38. The lowest BCUT2D eigenvalue weighted by Crippen LogP contribution is -2.28. The van der Waals surface area contributed by atoms with Crippen LogP contribution in [0.3, 0.4) is 0 Å². The number of rotatable bonds is 8. The Morgan fingerprint density at radius 1 is 0.338 bits per heavy atom. The second-order valence-electron chi connectivity index (χ2n) is 19.5. The first-order valence-corrected chi connectivity index (χ1v) is 24.8. The van der Waals surface area contributed by atoms with Crippen LogP contribution in [-0.4, -0.2) is 9.13 Å². The third-order valence-corrected chi connectivity index (χ3v) is 15.4. The van der Waals surface area contributed by atoms with Crippen LogP contribution in [0.15, 0.2) is 231 Å². The minimum atomic E-state index is -0.532. The molecule has 12 aromatic rings. The fourth-order valence-electron chi connectivity index (χ4n) is 11.8. The first-order chi connectivity index (χ1) is 34.8. The van der Waals surface area contributed by atoms with Gasteiger partial charge in [-0.25, -0.2) is 0 Å². The number of nitrogens with zero attached hydrogens (tertiary/aromatic N) is 2. The second kappa shape index (κ2) is 16.8. The highest BCUT2D eigenvalue weighted by Gasteiger charge is 2.45. The van der Waals surface area contributed by atoms with E-state index in [1.807, 2.05) is 0 Å². The molecule has 1 aliphatic rings. The van der Waals surface area contributed by atoms with Gasteiger partial charge in [-0.05, 0) is 140 Å². The highest BCUT2D eigenvalue weighted by molar-refractivity contribution is 6.11. The van der Waals surface area contributed by atoms with Gasteiger partial charge in [0.2, 0.25) is 0 Å². The van der Waals surface area contributed by atoms with Gasteiger partial charge in [0.05, 0.1) is 5.41 Å². The molecule has 0 unspecified atom stereocenters. The van der Waals surface area contributed by atoms with Gasteiger partial charge in [0.25, 0.3) is 0 Å². The summed E-state index contributed by atoms with van der Waals surface area (Å²) in [7, 11) is 4.33. The maximum Gasteiger partial charge on any atom is 0.0713 e. The van der Waals surface area contributed by atoms with Crippen LogP contribution in [0, 0.1) is 13.8 Å². The van der Waals surface area contributed by atoms with Crippen molar-refractivity contribution in [1.82, 2.24) is 9.13 Å². The van der Waals surface area contributed by atoms with Gasteiger partial charge in [-0.3, -0.25) is 0 Å². The largest absolute Gasteiger partial charge is 0.344 e. The molecular weight excluding hydrogens is 857 g/mol. The summed E-state index contributed by atoms with van der Waals surface area (Å²) in [6, 6.07) is 86.1. The Bertz CT molecular complexity index is 3830. The van der Waals surface area contributed by atoms with E-state index in [-0.39, 0.29) is 0 Å². The van der Waals surface area contributed by atoms with Gasteiger partial charge in [-0.2, -0.15) is 0 Å². The average molecular weight is 909 g/mol. The van der Waals surface area contributed by atoms with Crippen LogP contribution in [0.2, 0.25) is 0 Å². The van der Waals surface area contributed by atoms with Crippen LogP contribution in [0.25, 0.3) is 78.0 Å². The van der Waals surface area contributed by atoms with E-state index in [1.165, 1.54) is 122 Å². The lowest BCUT2D eigenvalue weighted by molar-refractivity contribution is 0.768. The van der Waals surface area contributed by atoms with Gasteiger partial charge in [0.1, 0.15) is 0 Å². The van der Waals surface area contributed by atoms with E-state index in [2.05, 4.69) is 280 Å². The summed E-state index contributed by atoms with van der Waals surface area (Å²) in [5, 5.41) is 5.09. The normalized spacial score (nSPS) is 13.4. The molecule has 0 aliphatic heterocycles. The Morgan fingerprint density at radius 2 is 0.690 bits per heavy atom. The number of aryl methyl sites for hydroxylation is 4. The molecule has 71 heavy (non-hydrogen) atoms. The lowest BCUT2D eigenvalue weighted by Gasteiger charge is -2.34. The Balaban J connectivity index is 0.943. The molecule has 0 radical (unpaired) electrons. The standard InChI is InChI=1S/C69H52N2/c1-45-21-29-49(30-22-45)59(51-33-39-67-61(43-51)57-15-7-11-19-65(57)70(67)3)41-47-25-35-53(36-26-47)69(63-17-9-5-13-55(63)56-14-6-10-18-64(56)69)54-37-27-48(28-38-54)42-60(50-31-23-46(2)24-32-50)52-34-40-68-62(44-52)58-16-8-12-20-66(58)71(68)4/h5-44H,1-4H3. The molecule has 2 nitrogen and oxygen atoms in total. The van der Waals surface area contributed by atoms with Gasteiger partial charge >= 0.3 is 0 Å². The molecule has 2 aromatic heterocycles. The van der Waals surface area contributed by atoms with Crippen molar-refractivity contribution in [3.8, 4) is 11.1 Å². The van der Waals surface area contributed by atoms with Gasteiger partial charge in [0.15, 0.2) is 0 Å². The Labute approximate surface area is 415 Å². The summed E-state index contributed by atoms with van der Waals surface area (Å²) in [4.78, 5) is 0. The van der Waals surface area contributed by atoms with Crippen molar-refractivity contribution in [2.45, 2.75) is 19.3 Å². The van der Waals surface area contributed by atoms with Crippen LogP contribution < -0.4 is 0 Å². The van der Waals surface area contributed by atoms with E-state index in [1.54, 1.807) is 0 Å². The highest BCUT2D eigenvalue weighted by atomic mass is 14.9. The van der Waals surface area contributed by atoms with Gasteiger partial charge in [0, 0.05) is 57.7 Å². The minimum absolute atomic E-state index is 0.532. The van der Waals surface area contributed by atoms with Crippen molar-refractivity contribution in [3.63, 3.8) is 0 Å². The predicted octanol–water partition coefficient (Wildman–Crippen LogP) is 17.1. The summed E-state index contributed by atoms with van der Waals surface area (Å²) in [6.07, 6.45) is 4.74. The number of hydrogen-bond donors (Lipinski definition) is 0. The fourth-order valence-corrected chi connectivity index (χ4v) is 11.8. The molecule has 0 N–H and O–H groups in total. The van der Waals surface area contributed by atoms with Crippen molar-refractivity contribution in [3.05, 3.63) is 297 Å². The van der Waals surface area contributed by atoms with Gasteiger partial charge in [-0.15, -0.1) is 0 Å². The third kappa shape index (κ3) is 6.85. The Kier molecular flexibility index (Phi) is 10.0. The quantitative estimate of drug-likeness (QED) is 0.134. The molecular formula is C69H52N2. The smallest absolute Gasteiger partial charge is 0.0713 e. The van der Waals surface area contributed by atoms with Crippen molar-refractivity contribution in [2.75, 3.05) is 0 Å². The van der Waals surface area contributed by atoms with Crippen molar-refractivity contribution < 1.29 is 0 Å². The maximum absolute atomic E-state index is 2.38. The Morgan fingerprint density at radius 3 is 1.11 bits per heavy atom. The topological polar surface area (TPSA) is 9.86 Å². The summed E-state index contributed by atoms with van der Waals surface area (Å²) < 4.78 is 4.61. The van der Waals surface area contributed by atoms with E-state index in [0.717, 1.165) is 11.1 Å².